The number of nitrogens with one attached hydrogen (secondary N) is 1. The highest BCUT2D eigenvalue weighted by Crippen LogP contribution is 2.39. The molecule has 1 unspecified atom stereocenters. The van der Waals surface area contributed by atoms with E-state index in [2.05, 4.69) is 5.32 Å². The van der Waals surface area contributed by atoms with E-state index in [1.54, 1.807) is 18.2 Å². The van der Waals surface area contributed by atoms with Crippen LogP contribution in [0.25, 0.3) is 0 Å². The summed E-state index contributed by atoms with van der Waals surface area (Å²) in [6, 6.07) is 8.81. The molecular formula is C26H28ClNO5S. The number of hydrogen-bond acceptors (Lipinski definition) is 6. The van der Waals surface area contributed by atoms with Gasteiger partial charge in [-0.3, -0.25) is 4.79 Å². The number of hydrogen-bond donors (Lipinski definition) is 1. The Hall–Kier alpha value is -2.77. The summed E-state index contributed by atoms with van der Waals surface area (Å²) in [4.78, 5) is 27.1. The van der Waals surface area contributed by atoms with Gasteiger partial charge in [0.05, 0.1) is 16.7 Å². The number of amides is 1. The summed E-state index contributed by atoms with van der Waals surface area (Å²) in [5, 5.41) is 3.92. The Morgan fingerprint density at radius 3 is 2.76 bits per heavy atom. The number of esters is 1. The fourth-order valence-electron chi connectivity index (χ4n) is 3.88. The summed E-state index contributed by atoms with van der Waals surface area (Å²) in [6.45, 7) is 5.88. The van der Waals surface area contributed by atoms with Crippen LogP contribution >= 0.6 is 22.9 Å². The van der Waals surface area contributed by atoms with Crippen LogP contribution in [0.1, 0.15) is 75.8 Å². The summed E-state index contributed by atoms with van der Waals surface area (Å²) >= 11 is 7.66. The van der Waals surface area contributed by atoms with Crippen molar-refractivity contribution in [3.63, 3.8) is 0 Å². The number of aryl methyl sites for hydroxylation is 2. The topological polar surface area (TPSA) is 77.8 Å². The standard InChI is InChI=1S/C26H28ClNO5S/c1-4-16(3)32-26(30)22-18-9-5-6-11-21(18)34-25(22)28-24(29)20-13-12-17(33-20)14-31-23-15(2)8-7-10-19(23)27/h7-8,10,12-13,16H,4-6,9,11,14H2,1-3H3,(H,28,29). The van der Waals surface area contributed by atoms with E-state index in [0.717, 1.165) is 48.1 Å². The number of carbonyl (C=O) groups excluding carboxylic acids is 2. The Morgan fingerprint density at radius 1 is 1.21 bits per heavy atom. The van der Waals surface area contributed by atoms with Crippen molar-refractivity contribution in [1.29, 1.82) is 0 Å². The zero-order chi connectivity index (χ0) is 24.2. The summed E-state index contributed by atoms with van der Waals surface area (Å²) in [7, 11) is 0. The van der Waals surface area contributed by atoms with Crippen molar-refractivity contribution < 1.29 is 23.5 Å². The van der Waals surface area contributed by atoms with Gasteiger partial charge in [-0.25, -0.2) is 4.79 Å². The van der Waals surface area contributed by atoms with Gasteiger partial charge in [0.15, 0.2) is 5.76 Å². The zero-order valence-corrected chi connectivity index (χ0v) is 21.1. The smallest absolute Gasteiger partial charge is 0.341 e. The zero-order valence-electron chi connectivity index (χ0n) is 19.5. The van der Waals surface area contributed by atoms with Gasteiger partial charge in [0.1, 0.15) is 23.1 Å². The maximum Gasteiger partial charge on any atom is 0.341 e. The van der Waals surface area contributed by atoms with Crippen molar-refractivity contribution in [2.24, 2.45) is 0 Å². The van der Waals surface area contributed by atoms with Crippen LogP contribution in [-0.4, -0.2) is 18.0 Å². The van der Waals surface area contributed by atoms with Crippen LogP contribution < -0.4 is 10.1 Å². The second kappa shape index (κ2) is 10.7. The average Bonchev–Trinajstić information content (AvgIpc) is 3.43. The first-order valence-electron chi connectivity index (χ1n) is 11.5. The maximum atomic E-state index is 13.0. The molecule has 34 heavy (non-hydrogen) atoms. The van der Waals surface area contributed by atoms with Gasteiger partial charge in [0.25, 0.3) is 5.91 Å². The van der Waals surface area contributed by atoms with E-state index in [0.29, 0.717) is 27.1 Å². The number of para-hydroxylation sites is 1. The van der Waals surface area contributed by atoms with Crippen molar-refractivity contribution in [1.82, 2.24) is 0 Å². The third-order valence-electron chi connectivity index (χ3n) is 5.89. The lowest BCUT2D eigenvalue weighted by atomic mass is 9.95. The fourth-order valence-corrected chi connectivity index (χ4v) is 5.43. The van der Waals surface area contributed by atoms with Gasteiger partial charge in [0, 0.05) is 4.88 Å². The molecule has 8 heteroatoms. The van der Waals surface area contributed by atoms with Crippen LogP contribution in [0.4, 0.5) is 5.00 Å². The van der Waals surface area contributed by atoms with Crippen LogP contribution in [0.15, 0.2) is 34.7 Å². The minimum absolute atomic E-state index is 0.137. The van der Waals surface area contributed by atoms with Crippen molar-refractivity contribution in [2.45, 2.75) is 65.6 Å². The molecule has 0 aliphatic heterocycles. The minimum atomic E-state index is -0.420. The summed E-state index contributed by atoms with van der Waals surface area (Å²) in [5.41, 5.74) is 2.40. The van der Waals surface area contributed by atoms with Gasteiger partial charge in [-0.2, -0.15) is 0 Å². The second-order valence-corrected chi connectivity index (χ2v) is 9.95. The summed E-state index contributed by atoms with van der Waals surface area (Å²) in [6.07, 6.45) is 4.36. The first-order valence-corrected chi connectivity index (χ1v) is 12.7. The molecule has 1 aromatic carbocycles. The van der Waals surface area contributed by atoms with Crippen molar-refractivity contribution in [3.8, 4) is 5.75 Å². The average molecular weight is 502 g/mol. The van der Waals surface area contributed by atoms with Gasteiger partial charge >= 0.3 is 5.97 Å². The Balaban J connectivity index is 1.49. The van der Waals surface area contributed by atoms with Gasteiger partial charge in [-0.1, -0.05) is 30.7 Å². The lowest BCUT2D eigenvalue weighted by Gasteiger charge is -2.15. The number of carbonyl (C=O) groups is 2. The molecule has 0 saturated heterocycles. The van der Waals surface area contributed by atoms with Crippen LogP contribution in [-0.2, 0) is 24.2 Å². The van der Waals surface area contributed by atoms with E-state index in [9.17, 15) is 9.59 Å². The lowest BCUT2D eigenvalue weighted by Crippen LogP contribution is -2.18. The number of ether oxygens (including phenoxy) is 2. The number of anilines is 1. The molecule has 2 aromatic heterocycles. The van der Waals surface area contributed by atoms with Crippen molar-refractivity contribution in [3.05, 3.63) is 68.4 Å². The molecule has 6 nitrogen and oxygen atoms in total. The Labute approximate surface area is 208 Å². The van der Waals surface area contributed by atoms with Crippen molar-refractivity contribution >= 4 is 39.8 Å². The predicted molar refractivity (Wildman–Crippen MR) is 133 cm³/mol. The third kappa shape index (κ3) is 5.31. The lowest BCUT2D eigenvalue weighted by molar-refractivity contribution is 0.0335. The predicted octanol–water partition coefficient (Wildman–Crippen LogP) is 6.97. The van der Waals surface area contributed by atoms with Gasteiger partial charge in [-0.05, 0) is 75.3 Å². The molecule has 0 spiro atoms. The van der Waals surface area contributed by atoms with Crippen LogP contribution in [0, 0.1) is 6.92 Å². The highest BCUT2D eigenvalue weighted by Gasteiger charge is 2.28. The van der Waals surface area contributed by atoms with Crippen LogP contribution in [0.5, 0.6) is 5.75 Å². The molecule has 0 bridgehead atoms. The quantitative estimate of drug-likeness (QED) is 0.337. The van der Waals surface area contributed by atoms with Crippen molar-refractivity contribution in [2.75, 3.05) is 5.32 Å². The Bertz CT molecular complexity index is 1180. The van der Waals surface area contributed by atoms with E-state index in [4.69, 9.17) is 25.5 Å². The molecule has 1 N–H and O–H groups in total. The van der Waals surface area contributed by atoms with E-state index in [-0.39, 0.29) is 24.4 Å². The highest BCUT2D eigenvalue weighted by atomic mass is 35.5. The van der Waals surface area contributed by atoms with Gasteiger partial charge in [-0.15, -0.1) is 11.3 Å². The molecule has 0 saturated carbocycles. The van der Waals surface area contributed by atoms with Crippen LogP contribution in [0.2, 0.25) is 5.02 Å². The second-order valence-electron chi connectivity index (χ2n) is 8.43. The van der Waals surface area contributed by atoms with E-state index in [1.165, 1.54) is 11.3 Å². The van der Waals surface area contributed by atoms with Gasteiger partial charge in [0.2, 0.25) is 0 Å². The Kier molecular flexibility index (Phi) is 7.63. The van der Waals surface area contributed by atoms with E-state index < -0.39 is 5.91 Å². The normalized spacial score (nSPS) is 13.8. The first kappa shape index (κ1) is 24.4. The molecule has 4 rings (SSSR count). The number of fused-ring (bicyclic) bond motifs is 1. The molecule has 180 valence electrons. The molecule has 0 fully saturated rings. The molecule has 0 radical (unpaired) electrons. The molecule has 1 aliphatic rings. The molecular weight excluding hydrogens is 474 g/mol. The van der Waals surface area contributed by atoms with Crippen LogP contribution in [0.3, 0.4) is 0 Å². The Morgan fingerprint density at radius 2 is 2.00 bits per heavy atom. The SMILES string of the molecule is CCC(C)OC(=O)c1c(NC(=O)c2ccc(COc3c(C)cccc3Cl)o2)sc2c1CCCC2. The molecule has 1 amide bonds. The minimum Gasteiger partial charge on any atom is -0.484 e. The van der Waals surface area contributed by atoms with E-state index in [1.807, 2.05) is 32.9 Å². The highest BCUT2D eigenvalue weighted by molar-refractivity contribution is 7.17. The third-order valence-corrected chi connectivity index (χ3v) is 7.40. The van der Waals surface area contributed by atoms with E-state index >= 15 is 0 Å². The number of furan rings is 1. The number of benzene rings is 1. The summed E-state index contributed by atoms with van der Waals surface area (Å²) in [5.74, 6) is 0.415. The molecule has 3 aromatic rings. The summed E-state index contributed by atoms with van der Waals surface area (Å²) < 4.78 is 17.1. The monoisotopic (exact) mass is 501 g/mol. The first-order chi connectivity index (χ1) is 16.4. The molecule has 1 atom stereocenters. The number of halogens is 1. The number of rotatable bonds is 8. The largest absolute Gasteiger partial charge is 0.484 e. The number of thiophene rings is 1. The van der Waals surface area contributed by atoms with Gasteiger partial charge < -0.3 is 19.2 Å². The maximum absolute atomic E-state index is 13.0. The fraction of sp³-hybridized carbons (Fsp3) is 0.385. The molecule has 1 aliphatic carbocycles. The molecule has 2 heterocycles.